The van der Waals surface area contributed by atoms with Gasteiger partial charge in [0.1, 0.15) is 0 Å². The van der Waals surface area contributed by atoms with Gasteiger partial charge in [0.15, 0.2) is 16.7 Å². The van der Waals surface area contributed by atoms with Crippen LogP contribution in [0.15, 0.2) is 52.4 Å². The molecule has 1 amide bonds. The average Bonchev–Trinajstić information content (AvgIpc) is 3.34. The van der Waals surface area contributed by atoms with E-state index in [9.17, 15) is 9.59 Å². The van der Waals surface area contributed by atoms with Gasteiger partial charge in [0, 0.05) is 6.04 Å². The Balaban J connectivity index is 1.67. The number of hydrogen-bond acceptors (Lipinski definition) is 6. The topological polar surface area (TPSA) is 82.5 Å². The van der Waals surface area contributed by atoms with Gasteiger partial charge in [-0.05, 0) is 49.6 Å². The number of carbonyl (C=O) groups excluding carboxylic acids is 1. The second-order valence-electron chi connectivity index (χ2n) is 8.24. The Morgan fingerprint density at radius 2 is 1.88 bits per heavy atom. The highest BCUT2D eigenvalue weighted by Crippen LogP contribution is 2.29. The maximum atomic E-state index is 13.4. The summed E-state index contributed by atoms with van der Waals surface area (Å²) in [5.41, 5.74) is 1.36. The highest BCUT2D eigenvalue weighted by Gasteiger charge is 2.23. The summed E-state index contributed by atoms with van der Waals surface area (Å²) in [5, 5.41) is 3.83. The van der Waals surface area contributed by atoms with E-state index in [1.807, 2.05) is 43.3 Å². The molecule has 0 saturated heterocycles. The molecule has 1 aliphatic rings. The fraction of sp³-hybridized carbons (Fsp3) is 0.400. The second kappa shape index (κ2) is 10.3. The lowest BCUT2D eigenvalue weighted by molar-refractivity contribution is -0.120. The van der Waals surface area contributed by atoms with E-state index in [1.54, 1.807) is 24.9 Å². The van der Waals surface area contributed by atoms with Crippen LogP contribution in [0.4, 0.5) is 0 Å². The molecule has 1 unspecified atom stereocenters. The van der Waals surface area contributed by atoms with Crippen molar-refractivity contribution < 1.29 is 14.3 Å². The number of rotatable bonds is 8. The van der Waals surface area contributed by atoms with Gasteiger partial charge >= 0.3 is 0 Å². The van der Waals surface area contributed by atoms with Crippen LogP contribution in [0.25, 0.3) is 10.9 Å². The number of ether oxygens (including phenoxy) is 2. The second-order valence-corrected chi connectivity index (χ2v) is 9.55. The number of amides is 1. The van der Waals surface area contributed by atoms with Gasteiger partial charge in [-0.3, -0.25) is 14.2 Å². The highest BCUT2D eigenvalue weighted by molar-refractivity contribution is 8.00. The molecule has 0 bridgehead atoms. The number of para-hydroxylation sites is 1. The van der Waals surface area contributed by atoms with Gasteiger partial charge in [-0.15, -0.1) is 0 Å². The number of nitrogens with zero attached hydrogens (tertiary/aromatic N) is 2. The molecule has 7 nitrogen and oxygen atoms in total. The summed E-state index contributed by atoms with van der Waals surface area (Å²) in [7, 11) is 3.17. The normalized spacial score (nSPS) is 14.9. The molecule has 1 N–H and O–H groups in total. The van der Waals surface area contributed by atoms with Gasteiger partial charge in [-0.1, -0.05) is 42.8 Å². The molecule has 1 fully saturated rings. The number of fused-ring (bicyclic) bond motifs is 1. The maximum Gasteiger partial charge on any atom is 0.262 e. The lowest BCUT2D eigenvalue weighted by Gasteiger charge is -2.19. The van der Waals surface area contributed by atoms with E-state index in [0.29, 0.717) is 34.1 Å². The van der Waals surface area contributed by atoms with Crippen molar-refractivity contribution in [2.45, 2.75) is 55.6 Å². The van der Waals surface area contributed by atoms with E-state index in [1.165, 1.54) is 11.8 Å². The van der Waals surface area contributed by atoms with Crippen molar-refractivity contribution in [3.8, 4) is 11.5 Å². The van der Waals surface area contributed by atoms with Gasteiger partial charge in [-0.25, -0.2) is 4.98 Å². The zero-order chi connectivity index (χ0) is 23.4. The van der Waals surface area contributed by atoms with E-state index in [-0.39, 0.29) is 22.8 Å². The Morgan fingerprint density at radius 3 is 2.61 bits per heavy atom. The summed E-state index contributed by atoms with van der Waals surface area (Å²) >= 11 is 1.31. The van der Waals surface area contributed by atoms with Crippen molar-refractivity contribution in [1.29, 1.82) is 0 Å². The molecule has 0 aliphatic heterocycles. The Labute approximate surface area is 197 Å². The Bertz CT molecular complexity index is 1200. The van der Waals surface area contributed by atoms with Crippen LogP contribution in [0.2, 0.25) is 0 Å². The van der Waals surface area contributed by atoms with Crippen LogP contribution in [-0.2, 0) is 11.3 Å². The van der Waals surface area contributed by atoms with Crippen molar-refractivity contribution in [1.82, 2.24) is 14.9 Å². The molecule has 1 heterocycles. The van der Waals surface area contributed by atoms with Crippen LogP contribution in [0.1, 0.15) is 38.2 Å². The van der Waals surface area contributed by atoms with Crippen molar-refractivity contribution >= 4 is 28.6 Å². The molecule has 1 aliphatic carbocycles. The van der Waals surface area contributed by atoms with Gasteiger partial charge in [-0.2, -0.15) is 0 Å². The fourth-order valence-corrected chi connectivity index (χ4v) is 5.06. The predicted molar refractivity (Wildman–Crippen MR) is 130 cm³/mol. The molecular formula is C25H29N3O4S. The first kappa shape index (κ1) is 23.2. The summed E-state index contributed by atoms with van der Waals surface area (Å²) in [6.45, 7) is 2.16. The van der Waals surface area contributed by atoms with Gasteiger partial charge in [0.25, 0.3) is 5.56 Å². The predicted octanol–water partition coefficient (Wildman–Crippen LogP) is 4.00. The van der Waals surface area contributed by atoms with Gasteiger partial charge < -0.3 is 14.8 Å². The van der Waals surface area contributed by atoms with Gasteiger partial charge in [0.2, 0.25) is 5.91 Å². The molecule has 174 valence electrons. The van der Waals surface area contributed by atoms with E-state index in [0.717, 1.165) is 31.2 Å². The number of benzene rings is 2. The van der Waals surface area contributed by atoms with Crippen molar-refractivity contribution in [2.75, 3.05) is 14.2 Å². The number of nitrogens with one attached hydrogen (secondary N) is 1. The largest absolute Gasteiger partial charge is 0.493 e. The quantitative estimate of drug-likeness (QED) is 0.398. The molecular weight excluding hydrogens is 438 g/mol. The standard InChI is InChI=1S/C25H29N3O4S/c1-16(23(29)26-18-8-4-5-9-18)33-25-27-20-11-7-6-10-19(20)24(30)28(25)15-17-12-13-21(31-2)22(14-17)32-3/h6-7,10-14,16,18H,4-5,8-9,15H2,1-3H3,(H,26,29). The zero-order valence-corrected chi connectivity index (χ0v) is 20.0. The third kappa shape index (κ3) is 5.16. The number of carbonyl (C=O) groups is 1. The molecule has 3 aromatic rings. The fourth-order valence-electron chi connectivity index (χ4n) is 4.14. The Hall–Kier alpha value is -3.00. The van der Waals surface area contributed by atoms with Crippen LogP contribution in [0, 0.1) is 0 Å². The number of hydrogen-bond donors (Lipinski definition) is 1. The average molecular weight is 468 g/mol. The smallest absolute Gasteiger partial charge is 0.262 e. The minimum atomic E-state index is -0.379. The number of aromatic nitrogens is 2. The molecule has 1 atom stereocenters. The highest BCUT2D eigenvalue weighted by atomic mass is 32.2. The van der Waals surface area contributed by atoms with E-state index in [2.05, 4.69) is 5.32 Å². The first-order valence-electron chi connectivity index (χ1n) is 11.2. The molecule has 2 aromatic carbocycles. The van der Waals surface area contributed by atoms with E-state index >= 15 is 0 Å². The minimum absolute atomic E-state index is 0.0213. The SMILES string of the molecule is COc1ccc(Cn2c(SC(C)C(=O)NC3CCCC3)nc3ccccc3c2=O)cc1OC. The molecule has 1 aromatic heterocycles. The van der Waals surface area contributed by atoms with Crippen LogP contribution in [-0.4, -0.2) is 41.0 Å². The van der Waals surface area contributed by atoms with Crippen LogP contribution in [0.5, 0.6) is 11.5 Å². The summed E-state index contributed by atoms with van der Waals surface area (Å²) in [6, 6.07) is 13.1. The Kier molecular flexibility index (Phi) is 7.23. The molecule has 33 heavy (non-hydrogen) atoms. The number of thioether (sulfide) groups is 1. The maximum absolute atomic E-state index is 13.4. The van der Waals surface area contributed by atoms with E-state index in [4.69, 9.17) is 14.5 Å². The third-order valence-electron chi connectivity index (χ3n) is 5.97. The van der Waals surface area contributed by atoms with Crippen LogP contribution >= 0.6 is 11.8 Å². The van der Waals surface area contributed by atoms with Crippen LogP contribution in [0.3, 0.4) is 0 Å². The first-order chi connectivity index (χ1) is 16.0. The summed E-state index contributed by atoms with van der Waals surface area (Å²) in [5.74, 6) is 1.19. The van der Waals surface area contributed by atoms with Crippen molar-refractivity contribution in [2.24, 2.45) is 0 Å². The van der Waals surface area contributed by atoms with Crippen LogP contribution < -0.4 is 20.3 Å². The van der Waals surface area contributed by atoms with E-state index < -0.39 is 0 Å². The summed E-state index contributed by atoms with van der Waals surface area (Å²) < 4.78 is 12.4. The van der Waals surface area contributed by atoms with Crippen molar-refractivity contribution in [3.63, 3.8) is 0 Å². The molecule has 0 radical (unpaired) electrons. The lowest BCUT2D eigenvalue weighted by atomic mass is 10.2. The molecule has 4 rings (SSSR count). The third-order valence-corrected chi connectivity index (χ3v) is 7.06. The summed E-state index contributed by atoms with van der Waals surface area (Å²) in [4.78, 5) is 31.0. The van der Waals surface area contributed by atoms with Gasteiger partial charge in [0.05, 0.1) is 36.9 Å². The Morgan fingerprint density at radius 1 is 1.15 bits per heavy atom. The lowest BCUT2D eigenvalue weighted by Crippen LogP contribution is -2.38. The molecule has 8 heteroatoms. The minimum Gasteiger partial charge on any atom is -0.493 e. The zero-order valence-electron chi connectivity index (χ0n) is 19.2. The first-order valence-corrected chi connectivity index (χ1v) is 12.1. The molecule has 0 spiro atoms. The number of methoxy groups -OCH3 is 2. The molecule has 1 saturated carbocycles. The summed E-state index contributed by atoms with van der Waals surface area (Å²) in [6.07, 6.45) is 4.37. The van der Waals surface area contributed by atoms with Crippen molar-refractivity contribution in [3.05, 3.63) is 58.4 Å². The monoisotopic (exact) mass is 467 g/mol.